The molecule has 2 atom stereocenters. The first-order valence-electron chi connectivity index (χ1n) is 9.37. The average Bonchev–Trinajstić information content (AvgIpc) is 3.49. The third-order valence-corrected chi connectivity index (χ3v) is 5.40. The predicted octanol–water partition coefficient (Wildman–Crippen LogP) is 4.67. The van der Waals surface area contributed by atoms with Crippen LogP contribution in [0.1, 0.15) is 24.0 Å². The lowest BCUT2D eigenvalue weighted by Gasteiger charge is -2.41. The van der Waals surface area contributed by atoms with Gasteiger partial charge in [0.15, 0.2) is 11.5 Å². The number of nitrogen functional groups attached to an aromatic ring is 1. The lowest BCUT2D eigenvalue weighted by molar-refractivity contribution is -0.208. The third kappa shape index (κ3) is 3.73. The molecule has 2 aliphatic rings. The minimum absolute atomic E-state index is 0.0237. The van der Waals surface area contributed by atoms with E-state index in [9.17, 15) is 18.0 Å². The van der Waals surface area contributed by atoms with Gasteiger partial charge in [0.25, 0.3) is 5.91 Å². The van der Waals surface area contributed by atoms with Gasteiger partial charge in [-0.2, -0.15) is 13.2 Å². The van der Waals surface area contributed by atoms with Crippen LogP contribution in [0.15, 0.2) is 42.5 Å². The van der Waals surface area contributed by atoms with Crippen LogP contribution in [0.25, 0.3) is 0 Å². The normalized spacial score (nSPS) is 23.2. The first-order valence-corrected chi connectivity index (χ1v) is 9.75. The number of nitrogens with one attached hydrogen (secondary N) is 1. The summed E-state index contributed by atoms with van der Waals surface area (Å²) in [7, 11) is 0. The van der Waals surface area contributed by atoms with E-state index >= 15 is 0 Å². The van der Waals surface area contributed by atoms with E-state index in [1.54, 1.807) is 24.3 Å². The molecule has 30 heavy (non-hydrogen) atoms. The summed E-state index contributed by atoms with van der Waals surface area (Å²) in [6, 6.07) is 10.5. The van der Waals surface area contributed by atoms with Crippen molar-refractivity contribution in [1.29, 1.82) is 0 Å². The molecule has 1 amide bonds. The SMILES string of the molecule is Nc1cccc(CO[C@H]2C(=O)Nc3ccc(Cl)cc3[C@]2(C#CC2CC2)C(F)(F)F)c1. The zero-order valence-corrected chi connectivity index (χ0v) is 16.5. The van der Waals surface area contributed by atoms with Crippen molar-refractivity contribution < 1.29 is 22.7 Å². The van der Waals surface area contributed by atoms with Crippen LogP contribution >= 0.6 is 11.6 Å². The fraction of sp³-hybridized carbons (Fsp3) is 0.318. The molecule has 0 bridgehead atoms. The Kier molecular flexibility index (Phi) is 5.16. The van der Waals surface area contributed by atoms with Crippen LogP contribution in [-0.2, 0) is 21.6 Å². The van der Waals surface area contributed by atoms with Gasteiger partial charge in [-0.25, -0.2) is 0 Å². The summed E-state index contributed by atoms with van der Waals surface area (Å²) < 4.78 is 49.6. The number of anilines is 2. The highest BCUT2D eigenvalue weighted by atomic mass is 35.5. The van der Waals surface area contributed by atoms with E-state index in [1.165, 1.54) is 18.2 Å². The maximum atomic E-state index is 14.7. The van der Waals surface area contributed by atoms with E-state index in [0.29, 0.717) is 11.3 Å². The Morgan fingerprint density at radius 2 is 2.00 bits per heavy atom. The molecule has 0 radical (unpaired) electrons. The van der Waals surface area contributed by atoms with Crippen molar-refractivity contribution >= 4 is 28.9 Å². The fourth-order valence-electron chi connectivity index (χ4n) is 3.50. The quantitative estimate of drug-likeness (QED) is 0.545. The van der Waals surface area contributed by atoms with Gasteiger partial charge in [-0.15, -0.1) is 0 Å². The van der Waals surface area contributed by atoms with Crippen molar-refractivity contribution in [3.63, 3.8) is 0 Å². The van der Waals surface area contributed by atoms with Crippen LogP contribution in [0.2, 0.25) is 5.02 Å². The second kappa shape index (κ2) is 7.53. The molecule has 0 unspecified atom stereocenters. The first-order chi connectivity index (χ1) is 14.2. The maximum absolute atomic E-state index is 14.7. The molecule has 1 aliphatic heterocycles. The second-order valence-corrected chi connectivity index (χ2v) is 7.90. The first kappa shape index (κ1) is 20.6. The molecular weight excluding hydrogens is 417 g/mol. The molecule has 8 heteroatoms. The highest BCUT2D eigenvalue weighted by Gasteiger charge is 2.65. The smallest absolute Gasteiger partial charge is 0.399 e. The molecule has 1 heterocycles. The Hall–Kier alpha value is -2.69. The molecule has 1 aliphatic carbocycles. The predicted molar refractivity (Wildman–Crippen MR) is 108 cm³/mol. The number of hydrogen-bond donors (Lipinski definition) is 2. The summed E-state index contributed by atoms with van der Waals surface area (Å²) in [6.45, 7) is -0.234. The number of fused-ring (bicyclic) bond motifs is 1. The molecule has 4 rings (SSSR count). The van der Waals surface area contributed by atoms with E-state index in [0.717, 1.165) is 12.8 Å². The Balaban J connectivity index is 1.83. The zero-order valence-electron chi connectivity index (χ0n) is 15.7. The number of rotatable bonds is 3. The molecule has 4 nitrogen and oxygen atoms in total. The summed E-state index contributed by atoms with van der Waals surface area (Å²) in [5, 5.41) is 2.61. The minimum atomic E-state index is -4.88. The van der Waals surface area contributed by atoms with E-state index in [1.807, 2.05) is 0 Å². The maximum Gasteiger partial charge on any atom is 0.412 e. The van der Waals surface area contributed by atoms with Crippen LogP contribution in [-0.4, -0.2) is 18.2 Å². The highest BCUT2D eigenvalue weighted by molar-refractivity contribution is 6.30. The molecular formula is C22H18ClF3N2O2. The van der Waals surface area contributed by atoms with Crippen LogP contribution < -0.4 is 11.1 Å². The van der Waals surface area contributed by atoms with Gasteiger partial charge in [-0.3, -0.25) is 4.79 Å². The minimum Gasteiger partial charge on any atom is -0.399 e. The van der Waals surface area contributed by atoms with Gasteiger partial charge in [0.1, 0.15) is 0 Å². The topological polar surface area (TPSA) is 64.3 Å². The number of benzene rings is 2. The van der Waals surface area contributed by atoms with Gasteiger partial charge >= 0.3 is 6.18 Å². The van der Waals surface area contributed by atoms with Gasteiger partial charge < -0.3 is 15.8 Å². The lowest BCUT2D eigenvalue weighted by atomic mass is 9.71. The molecule has 0 spiro atoms. The Morgan fingerprint density at radius 1 is 1.23 bits per heavy atom. The molecule has 0 saturated heterocycles. The number of alkyl halides is 3. The summed E-state index contributed by atoms with van der Waals surface area (Å²) in [4.78, 5) is 12.8. The van der Waals surface area contributed by atoms with Crippen molar-refractivity contribution in [2.45, 2.75) is 37.1 Å². The Bertz CT molecular complexity index is 1060. The van der Waals surface area contributed by atoms with E-state index in [2.05, 4.69) is 17.2 Å². The summed E-state index contributed by atoms with van der Waals surface area (Å²) in [5.74, 6) is 4.09. The summed E-state index contributed by atoms with van der Waals surface area (Å²) in [6.07, 6.45) is -5.31. The summed E-state index contributed by atoms with van der Waals surface area (Å²) >= 11 is 6.02. The molecule has 2 aromatic carbocycles. The molecule has 1 saturated carbocycles. The zero-order chi connectivity index (χ0) is 21.5. The average molecular weight is 435 g/mol. The van der Waals surface area contributed by atoms with Crippen LogP contribution in [0.3, 0.4) is 0 Å². The van der Waals surface area contributed by atoms with Crippen molar-refractivity contribution in [2.24, 2.45) is 5.92 Å². The van der Waals surface area contributed by atoms with E-state index in [4.69, 9.17) is 22.1 Å². The van der Waals surface area contributed by atoms with Gasteiger partial charge in [-0.05, 0) is 48.7 Å². The molecule has 3 N–H and O–H groups in total. The van der Waals surface area contributed by atoms with Gasteiger partial charge in [0.2, 0.25) is 0 Å². The van der Waals surface area contributed by atoms with Crippen molar-refractivity contribution in [2.75, 3.05) is 11.1 Å². The number of carbonyl (C=O) groups excluding carboxylic acids is 1. The van der Waals surface area contributed by atoms with Crippen molar-refractivity contribution in [3.05, 3.63) is 58.6 Å². The Morgan fingerprint density at radius 3 is 2.67 bits per heavy atom. The van der Waals surface area contributed by atoms with Gasteiger partial charge in [0, 0.05) is 27.9 Å². The van der Waals surface area contributed by atoms with Crippen LogP contribution in [0.4, 0.5) is 24.5 Å². The highest BCUT2D eigenvalue weighted by Crippen LogP contribution is 2.50. The number of halogens is 4. The third-order valence-electron chi connectivity index (χ3n) is 5.16. The van der Waals surface area contributed by atoms with Crippen molar-refractivity contribution in [3.8, 4) is 11.8 Å². The summed E-state index contributed by atoms with van der Waals surface area (Å²) in [5.41, 5.74) is 3.70. The van der Waals surface area contributed by atoms with Gasteiger partial charge in [0.05, 0.1) is 6.61 Å². The standard InChI is InChI=1S/C22H18ClF3N2O2/c23-15-6-7-18-17(11-15)21(22(24,25)26,9-8-13-4-5-13)19(20(29)28-18)30-12-14-2-1-3-16(27)10-14/h1-3,6-7,10-11,13,19H,4-5,12,27H2,(H,28,29)/t19-,21-/m0/s1. The number of carbonyl (C=O) groups is 1. The monoisotopic (exact) mass is 434 g/mol. The molecule has 2 aromatic rings. The number of nitrogens with two attached hydrogens (primary N) is 1. The van der Waals surface area contributed by atoms with Gasteiger partial charge in [-0.1, -0.05) is 35.6 Å². The fourth-order valence-corrected chi connectivity index (χ4v) is 3.67. The van der Waals surface area contributed by atoms with E-state index < -0.39 is 23.6 Å². The van der Waals surface area contributed by atoms with Crippen LogP contribution in [0.5, 0.6) is 0 Å². The number of ether oxygens (including phenoxy) is 1. The second-order valence-electron chi connectivity index (χ2n) is 7.46. The molecule has 0 aromatic heterocycles. The number of hydrogen-bond acceptors (Lipinski definition) is 3. The largest absolute Gasteiger partial charge is 0.412 e. The Labute approximate surface area is 176 Å². The lowest BCUT2D eigenvalue weighted by Crippen LogP contribution is -2.59. The van der Waals surface area contributed by atoms with E-state index in [-0.39, 0.29) is 28.8 Å². The number of amides is 1. The molecule has 156 valence electrons. The van der Waals surface area contributed by atoms with Crippen molar-refractivity contribution in [1.82, 2.24) is 0 Å². The van der Waals surface area contributed by atoms with Crippen LogP contribution in [0, 0.1) is 17.8 Å². The molecule has 1 fully saturated rings.